The third kappa shape index (κ3) is 5.73. The van der Waals surface area contributed by atoms with E-state index < -0.39 is 6.72 Å². The van der Waals surface area contributed by atoms with Crippen LogP contribution in [0.15, 0.2) is 24.3 Å². The minimum atomic E-state index is -3.53. The number of hydrogen-bond donors (Lipinski definition) is 0. The molecule has 7 heteroatoms. The van der Waals surface area contributed by atoms with Gasteiger partial charge in [-0.05, 0) is 31.7 Å². The number of rotatable bonds is 5. The van der Waals surface area contributed by atoms with E-state index in [2.05, 4.69) is 45.0 Å². The van der Waals surface area contributed by atoms with Gasteiger partial charge in [0.2, 0.25) is 0 Å². The van der Waals surface area contributed by atoms with Gasteiger partial charge in [-0.3, -0.25) is 0 Å². The molecule has 0 bridgehead atoms. The van der Waals surface area contributed by atoms with Crippen molar-refractivity contribution < 1.29 is 13.9 Å². The molecule has 0 saturated carbocycles. The molecule has 136 valence electrons. The smallest absolute Gasteiger partial charge is 0.115 e. The topological polar surface area (TPSA) is 41.5 Å². The largest absolute Gasteiger partial charge is 0.780 e. The van der Waals surface area contributed by atoms with Gasteiger partial charge in [-0.2, -0.15) is 0 Å². The maximum Gasteiger partial charge on any atom is 0.115 e. The van der Waals surface area contributed by atoms with Crippen molar-refractivity contribution in [3.8, 4) is 0 Å². The summed E-state index contributed by atoms with van der Waals surface area (Å²) in [5.74, 6) is 0. The predicted octanol–water partition coefficient (Wildman–Crippen LogP) is 5.24. The first-order valence-electron chi connectivity index (χ1n) is 7.95. The zero-order valence-corrected chi connectivity index (χ0v) is 18.4. The molecule has 2 rings (SSSR count). The number of hydrogen-bond acceptors (Lipinski definition) is 6. The van der Waals surface area contributed by atoms with Crippen LogP contribution in [-0.4, -0.2) is 17.5 Å². The van der Waals surface area contributed by atoms with E-state index in [1.165, 1.54) is 11.1 Å². The molecule has 24 heavy (non-hydrogen) atoms. The highest BCUT2D eigenvalue weighted by molar-refractivity contribution is 8.77. The Balaban J connectivity index is 2.17. The van der Waals surface area contributed by atoms with E-state index in [-0.39, 0.29) is 21.5 Å². The van der Waals surface area contributed by atoms with Crippen molar-refractivity contribution in [3.05, 3.63) is 35.4 Å². The SMILES string of the molecule is Cc1ccc([C@@H]2SSC(C)(C)[C@H]2OP([O-])(=S)OCC(C)(C)C)cc1. The van der Waals surface area contributed by atoms with Crippen LogP contribution in [0.2, 0.25) is 0 Å². The minimum absolute atomic E-state index is 0.0834. The van der Waals surface area contributed by atoms with Gasteiger partial charge in [-0.1, -0.05) is 84.0 Å². The molecule has 1 aromatic carbocycles. The summed E-state index contributed by atoms with van der Waals surface area (Å²) in [5, 5.41) is 0.0834. The Kier molecular flexibility index (Phi) is 6.57. The fraction of sp³-hybridized carbons (Fsp3) is 0.647. The minimum Gasteiger partial charge on any atom is -0.780 e. The van der Waals surface area contributed by atoms with Gasteiger partial charge in [0, 0.05) is 4.75 Å². The first-order chi connectivity index (χ1) is 10.9. The van der Waals surface area contributed by atoms with Gasteiger partial charge in [0.05, 0.1) is 18.0 Å². The lowest BCUT2D eigenvalue weighted by Crippen LogP contribution is -2.35. The van der Waals surface area contributed by atoms with Crippen molar-refractivity contribution in [2.24, 2.45) is 5.41 Å². The maximum atomic E-state index is 12.7. The third-order valence-electron chi connectivity index (χ3n) is 3.63. The van der Waals surface area contributed by atoms with Gasteiger partial charge in [-0.25, -0.2) is 0 Å². The second-order valence-corrected chi connectivity index (χ2v) is 13.6. The van der Waals surface area contributed by atoms with E-state index in [0.717, 1.165) is 0 Å². The lowest BCUT2D eigenvalue weighted by molar-refractivity contribution is -0.213. The first-order valence-corrected chi connectivity index (χ1v) is 12.7. The van der Waals surface area contributed by atoms with Crippen molar-refractivity contribution >= 4 is 40.1 Å². The standard InChI is InChI=1S/C17H27O3PS3/c1-12-7-9-13(10-8-12)14-15(17(5,6)24-23-14)20-21(18,22)19-11-16(2,3)4/h7-10,14-15H,11H2,1-6H3,(H,18,22)/p-1/t14-,15-,21?/m0/s1. The number of benzene rings is 1. The molecule has 1 aliphatic rings. The Hall–Kier alpha value is 0.450. The van der Waals surface area contributed by atoms with Crippen molar-refractivity contribution in [2.45, 2.75) is 57.6 Å². The molecule has 0 radical (unpaired) electrons. The summed E-state index contributed by atoms with van der Waals surface area (Å²) < 4.78 is 11.2. The molecule has 0 aliphatic carbocycles. The van der Waals surface area contributed by atoms with Gasteiger partial charge >= 0.3 is 0 Å². The summed E-state index contributed by atoms with van der Waals surface area (Å²) in [6.45, 7) is 9.10. The average Bonchev–Trinajstić information content (AvgIpc) is 2.73. The predicted molar refractivity (Wildman–Crippen MR) is 108 cm³/mol. The maximum absolute atomic E-state index is 12.7. The van der Waals surface area contributed by atoms with Crippen LogP contribution in [0.5, 0.6) is 0 Å². The summed E-state index contributed by atoms with van der Waals surface area (Å²) in [4.78, 5) is 12.7. The van der Waals surface area contributed by atoms with E-state index in [0.29, 0.717) is 6.61 Å². The van der Waals surface area contributed by atoms with E-state index >= 15 is 0 Å². The molecule has 0 aromatic heterocycles. The van der Waals surface area contributed by atoms with Gasteiger partial charge in [0.15, 0.2) is 0 Å². The molecule has 1 heterocycles. The summed E-state index contributed by atoms with van der Waals surface area (Å²) in [6, 6.07) is 8.39. The fourth-order valence-corrected chi connectivity index (χ4v) is 7.57. The molecule has 1 saturated heterocycles. The van der Waals surface area contributed by atoms with Crippen molar-refractivity contribution in [2.75, 3.05) is 6.61 Å². The van der Waals surface area contributed by atoms with Crippen LogP contribution >= 0.6 is 28.3 Å². The zero-order chi connectivity index (χ0) is 18.2. The summed E-state index contributed by atoms with van der Waals surface area (Å²) in [5.41, 5.74) is 2.27. The second-order valence-electron chi connectivity index (χ2n) is 7.92. The first kappa shape index (κ1) is 20.8. The highest BCUT2D eigenvalue weighted by Gasteiger charge is 2.46. The van der Waals surface area contributed by atoms with Crippen LogP contribution in [-0.2, 0) is 20.9 Å². The van der Waals surface area contributed by atoms with Crippen LogP contribution in [0.3, 0.4) is 0 Å². The van der Waals surface area contributed by atoms with Crippen LogP contribution in [0, 0.1) is 12.3 Å². The Morgan fingerprint density at radius 2 is 1.83 bits per heavy atom. The average molecular weight is 406 g/mol. The monoisotopic (exact) mass is 405 g/mol. The molecule has 1 aliphatic heterocycles. The summed E-state index contributed by atoms with van der Waals surface area (Å²) >= 11 is 5.17. The summed E-state index contributed by atoms with van der Waals surface area (Å²) in [6.07, 6.45) is -0.265. The molecular weight excluding hydrogens is 379 g/mol. The van der Waals surface area contributed by atoms with Crippen LogP contribution in [0.4, 0.5) is 0 Å². The summed E-state index contributed by atoms with van der Waals surface area (Å²) in [7, 11) is 3.50. The van der Waals surface area contributed by atoms with Crippen LogP contribution in [0.1, 0.15) is 51.0 Å². The van der Waals surface area contributed by atoms with Gasteiger partial charge < -0.3 is 13.9 Å². The quantitative estimate of drug-likeness (QED) is 0.493. The van der Waals surface area contributed by atoms with E-state index in [1.54, 1.807) is 21.6 Å². The molecule has 0 amide bonds. The van der Waals surface area contributed by atoms with Gasteiger partial charge in [0.25, 0.3) is 0 Å². The number of aryl methyl sites for hydroxylation is 1. The molecule has 1 aromatic rings. The van der Waals surface area contributed by atoms with Crippen molar-refractivity contribution in [1.82, 2.24) is 0 Å². The van der Waals surface area contributed by atoms with Crippen molar-refractivity contribution in [3.63, 3.8) is 0 Å². The Morgan fingerprint density at radius 1 is 1.25 bits per heavy atom. The molecule has 1 unspecified atom stereocenters. The zero-order valence-electron chi connectivity index (χ0n) is 15.1. The molecule has 1 fully saturated rings. The highest BCUT2D eigenvalue weighted by atomic mass is 33.1. The Labute approximate surface area is 158 Å². The van der Waals surface area contributed by atoms with E-state index in [4.69, 9.17) is 20.9 Å². The van der Waals surface area contributed by atoms with Gasteiger partial charge in [-0.15, -0.1) is 0 Å². The Bertz CT molecular complexity index is 611. The van der Waals surface area contributed by atoms with E-state index in [9.17, 15) is 4.89 Å². The molecular formula is C17H26O3PS3-. The lowest BCUT2D eigenvalue weighted by Gasteiger charge is -2.38. The molecule has 0 spiro atoms. The van der Waals surface area contributed by atoms with Crippen LogP contribution in [0.25, 0.3) is 0 Å². The second kappa shape index (κ2) is 7.59. The molecule has 3 atom stereocenters. The van der Waals surface area contributed by atoms with E-state index in [1.807, 2.05) is 20.8 Å². The lowest BCUT2D eigenvalue weighted by atomic mass is 9.97. The highest BCUT2D eigenvalue weighted by Crippen LogP contribution is 2.62. The normalized spacial score (nSPS) is 26.3. The Morgan fingerprint density at radius 3 is 2.38 bits per heavy atom. The molecule has 0 N–H and O–H groups in total. The fourth-order valence-electron chi connectivity index (χ4n) is 2.25. The third-order valence-corrected chi connectivity index (χ3v) is 8.82. The van der Waals surface area contributed by atoms with Gasteiger partial charge in [0.1, 0.15) is 6.72 Å². The molecule has 3 nitrogen and oxygen atoms in total. The van der Waals surface area contributed by atoms with Crippen LogP contribution < -0.4 is 4.89 Å². The van der Waals surface area contributed by atoms with Crippen molar-refractivity contribution in [1.29, 1.82) is 0 Å².